The second kappa shape index (κ2) is 4.97. The fraction of sp³-hybridized carbons (Fsp3) is 0.0909. The fourth-order valence-electron chi connectivity index (χ4n) is 1.46. The molecular weight excluding hydrogens is 258 g/mol. The van der Waals surface area contributed by atoms with Crippen LogP contribution in [0.25, 0.3) is 11.3 Å². The van der Waals surface area contributed by atoms with Crippen LogP contribution in [-0.2, 0) is 0 Å². The van der Waals surface area contributed by atoms with Crippen molar-refractivity contribution in [1.29, 1.82) is 0 Å². The highest BCUT2D eigenvalue weighted by atomic mass is 35.5. The molecule has 2 heterocycles. The van der Waals surface area contributed by atoms with E-state index in [0.717, 1.165) is 0 Å². The van der Waals surface area contributed by atoms with E-state index in [1.807, 2.05) is 0 Å². The van der Waals surface area contributed by atoms with E-state index in [2.05, 4.69) is 9.97 Å². The van der Waals surface area contributed by atoms with E-state index in [0.29, 0.717) is 11.4 Å². The Balaban J connectivity index is 2.61. The second-order valence-electron chi connectivity index (χ2n) is 3.35. The molecule has 0 saturated heterocycles. The summed E-state index contributed by atoms with van der Waals surface area (Å²) in [5, 5.41) is 11.1. The van der Waals surface area contributed by atoms with Crippen LogP contribution in [0.4, 0.5) is 5.69 Å². The highest BCUT2D eigenvalue weighted by Gasteiger charge is 2.17. The van der Waals surface area contributed by atoms with Crippen LogP contribution in [-0.4, -0.2) is 22.0 Å². The van der Waals surface area contributed by atoms with E-state index in [1.54, 1.807) is 12.1 Å². The molecule has 2 rings (SSSR count). The molecule has 6 nitrogen and oxygen atoms in total. The van der Waals surface area contributed by atoms with Crippen molar-refractivity contribution in [2.45, 2.75) is 0 Å². The van der Waals surface area contributed by atoms with Crippen molar-refractivity contribution in [3.8, 4) is 17.1 Å². The predicted molar refractivity (Wildman–Crippen MR) is 65.7 cm³/mol. The van der Waals surface area contributed by atoms with Crippen molar-refractivity contribution >= 4 is 17.3 Å². The molecule has 0 spiro atoms. The van der Waals surface area contributed by atoms with Gasteiger partial charge in [-0.15, -0.1) is 0 Å². The van der Waals surface area contributed by atoms with Crippen LogP contribution in [0, 0.1) is 10.1 Å². The molecule has 0 amide bonds. The lowest BCUT2D eigenvalue weighted by molar-refractivity contribution is -0.384. The molecule has 0 N–H and O–H groups in total. The highest BCUT2D eigenvalue weighted by molar-refractivity contribution is 6.29. The monoisotopic (exact) mass is 265 g/mol. The topological polar surface area (TPSA) is 78.2 Å². The molecule has 0 aromatic carbocycles. The van der Waals surface area contributed by atoms with Gasteiger partial charge in [-0.1, -0.05) is 11.6 Å². The summed E-state index contributed by atoms with van der Waals surface area (Å²) < 4.78 is 4.97. The van der Waals surface area contributed by atoms with Crippen LogP contribution >= 0.6 is 11.6 Å². The largest absolute Gasteiger partial charge is 0.481 e. The third-order valence-corrected chi connectivity index (χ3v) is 2.46. The first kappa shape index (κ1) is 12.3. The van der Waals surface area contributed by atoms with Crippen LogP contribution in [0.5, 0.6) is 5.88 Å². The number of nitro groups is 1. The van der Waals surface area contributed by atoms with Gasteiger partial charge < -0.3 is 4.74 Å². The molecule has 0 bridgehead atoms. The maximum Gasteiger partial charge on any atom is 0.295 e. The molecule has 0 aliphatic carbocycles. The third-order valence-electron chi connectivity index (χ3n) is 2.25. The Hall–Kier alpha value is -2.21. The summed E-state index contributed by atoms with van der Waals surface area (Å²) in [6, 6.07) is 5.86. The predicted octanol–water partition coefficient (Wildman–Crippen LogP) is 2.71. The zero-order chi connectivity index (χ0) is 13.1. The van der Waals surface area contributed by atoms with Crippen LogP contribution < -0.4 is 4.74 Å². The molecule has 7 heteroatoms. The molecule has 18 heavy (non-hydrogen) atoms. The molecule has 0 aliphatic heterocycles. The van der Waals surface area contributed by atoms with Gasteiger partial charge in [0.25, 0.3) is 5.69 Å². The van der Waals surface area contributed by atoms with Gasteiger partial charge in [0, 0.05) is 23.9 Å². The van der Waals surface area contributed by atoms with Gasteiger partial charge in [-0.05, 0) is 12.1 Å². The number of rotatable bonds is 3. The first-order valence-electron chi connectivity index (χ1n) is 4.93. The average Bonchev–Trinajstić information content (AvgIpc) is 2.38. The molecule has 0 aliphatic rings. The summed E-state index contributed by atoms with van der Waals surface area (Å²) in [4.78, 5) is 18.3. The van der Waals surface area contributed by atoms with Crippen LogP contribution in [0.3, 0.4) is 0 Å². The number of halogens is 1. The van der Waals surface area contributed by atoms with Gasteiger partial charge in [0.1, 0.15) is 10.8 Å². The van der Waals surface area contributed by atoms with Gasteiger partial charge in [-0.3, -0.25) is 10.1 Å². The van der Waals surface area contributed by atoms with Gasteiger partial charge in [0.15, 0.2) is 0 Å². The summed E-state index contributed by atoms with van der Waals surface area (Å²) >= 11 is 5.76. The van der Waals surface area contributed by atoms with Gasteiger partial charge in [-0.25, -0.2) is 9.97 Å². The highest BCUT2D eigenvalue weighted by Crippen LogP contribution is 2.30. The van der Waals surface area contributed by atoms with Crippen molar-refractivity contribution in [1.82, 2.24) is 9.97 Å². The van der Waals surface area contributed by atoms with E-state index in [1.165, 1.54) is 25.4 Å². The van der Waals surface area contributed by atoms with Crippen molar-refractivity contribution in [3.05, 3.63) is 45.7 Å². The first-order valence-corrected chi connectivity index (χ1v) is 5.31. The summed E-state index contributed by atoms with van der Waals surface area (Å²) in [5.74, 6) is 0.351. The number of ether oxygens (including phenoxy) is 1. The summed E-state index contributed by atoms with van der Waals surface area (Å²) in [7, 11) is 1.46. The number of pyridine rings is 2. The van der Waals surface area contributed by atoms with E-state index < -0.39 is 4.92 Å². The minimum absolute atomic E-state index is 0.118. The van der Waals surface area contributed by atoms with Crippen molar-refractivity contribution < 1.29 is 9.66 Å². The Morgan fingerprint density at radius 2 is 2.17 bits per heavy atom. The van der Waals surface area contributed by atoms with E-state index in [4.69, 9.17) is 16.3 Å². The zero-order valence-corrected chi connectivity index (χ0v) is 10.1. The number of methoxy groups -OCH3 is 1. The van der Waals surface area contributed by atoms with Crippen LogP contribution in [0.15, 0.2) is 30.5 Å². The van der Waals surface area contributed by atoms with Gasteiger partial charge in [0.2, 0.25) is 5.88 Å². The SMILES string of the molecule is COc1cc(-c2nc(Cl)ccc2[N+](=O)[O-])ccn1. The number of nitrogens with zero attached hydrogens (tertiary/aromatic N) is 3. The molecule has 0 fully saturated rings. The summed E-state index contributed by atoms with van der Waals surface area (Å²) in [5.41, 5.74) is 0.594. The van der Waals surface area contributed by atoms with Gasteiger partial charge in [0.05, 0.1) is 12.0 Å². The lowest BCUT2D eigenvalue weighted by Crippen LogP contribution is -1.96. The third kappa shape index (κ3) is 2.38. The smallest absolute Gasteiger partial charge is 0.295 e. The van der Waals surface area contributed by atoms with Gasteiger partial charge in [-0.2, -0.15) is 0 Å². The zero-order valence-electron chi connectivity index (χ0n) is 9.33. The Morgan fingerprint density at radius 3 is 2.83 bits per heavy atom. The summed E-state index contributed by atoms with van der Waals surface area (Å²) in [6.45, 7) is 0. The minimum Gasteiger partial charge on any atom is -0.481 e. The van der Waals surface area contributed by atoms with E-state index in [-0.39, 0.29) is 16.5 Å². The maximum absolute atomic E-state index is 10.9. The Kier molecular flexibility index (Phi) is 3.38. The van der Waals surface area contributed by atoms with Gasteiger partial charge >= 0.3 is 0 Å². The molecule has 0 saturated carbocycles. The number of hydrogen-bond acceptors (Lipinski definition) is 5. The minimum atomic E-state index is -0.508. The Bertz CT molecular complexity index is 604. The molecule has 0 atom stereocenters. The van der Waals surface area contributed by atoms with Crippen LogP contribution in [0.1, 0.15) is 0 Å². The molecule has 0 unspecified atom stereocenters. The number of aromatic nitrogens is 2. The second-order valence-corrected chi connectivity index (χ2v) is 3.73. The Labute approximate surface area is 107 Å². The van der Waals surface area contributed by atoms with E-state index in [9.17, 15) is 10.1 Å². The molecule has 92 valence electrons. The Morgan fingerprint density at radius 1 is 1.39 bits per heavy atom. The molecular formula is C11H8ClN3O3. The molecule has 0 radical (unpaired) electrons. The lowest BCUT2D eigenvalue weighted by Gasteiger charge is -2.04. The standard InChI is InChI=1S/C11H8ClN3O3/c1-18-10-6-7(4-5-13-10)11-8(15(16)17)2-3-9(12)14-11/h2-6H,1H3. The maximum atomic E-state index is 10.9. The normalized spacial score (nSPS) is 10.1. The fourth-order valence-corrected chi connectivity index (χ4v) is 1.60. The first-order chi connectivity index (χ1) is 8.61. The average molecular weight is 266 g/mol. The number of hydrogen-bond donors (Lipinski definition) is 0. The van der Waals surface area contributed by atoms with Crippen LogP contribution in [0.2, 0.25) is 5.15 Å². The quantitative estimate of drug-likeness (QED) is 0.484. The molecule has 2 aromatic rings. The van der Waals surface area contributed by atoms with Crippen molar-refractivity contribution in [2.75, 3.05) is 7.11 Å². The van der Waals surface area contributed by atoms with Crippen molar-refractivity contribution in [2.24, 2.45) is 0 Å². The molecule has 2 aromatic heterocycles. The summed E-state index contributed by atoms with van der Waals surface area (Å²) in [6.07, 6.45) is 1.49. The lowest BCUT2D eigenvalue weighted by atomic mass is 10.1. The van der Waals surface area contributed by atoms with Crippen molar-refractivity contribution in [3.63, 3.8) is 0 Å². The van der Waals surface area contributed by atoms with E-state index >= 15 is 0 Å².